The fourth-order valence-electron chi connectivity index (χ4n) is 2.87. The molecule has 30 heavy (non-hydrogen) atoms. The predicted octanol–water partition coefficient (Wildman–Crippen LogP) is 2.67. The lowest BCUT2D eigenvalue weighted by Crippen LogP contribution is -2.58. The number of carbonyl (C=O) groups excluding carboxylic acids is 1. The minimum absolute atomic E-state index is 0.00987. The van der Waals surface area contributed by atoms with Gasteiger partial charge in [-0.2, -0.15) is 0 Å². The Kier molecular flexibility index (Phi) is 7.92. The highest BCUT2D eigenvalue weighted by atomic mass is 16.4. The molecule has 0 aliphatic carbocycles. The summed E-state index contributed by atoms with van der Waals surface area (Å²) in [5.41, 5.74) is 12.7. The monoisotopic (exact) mass is 411 g/mol. The summed E-state index contributed by atoms with van der Waals surface area (Å²) in [6.07, 6.45) is -0.0106. The molecule has 3 N–H and O–H groups in total. The van der Waals surface area contributed by atoms with Crippen molar-refractivity contribution >= 4 is 23.5 Å². The first-order valence-electron chi connectivity index (χ1n) is 9.01. The lowest BCUT2D eigenvalue weighted by atomic mass is 10.0. The SMILES string of the molecule is CC(=O)N(N[C@@H](Cc1ccc(N=[N+]=[N-])cc1)C(=O)O)[C@@H](Cc1ccccc1)C(=O)O. The standard InChI is InChI=1S/C20H21N5O5/c1-13(26)25(18(20(29)30)12-14-5-3-2-4-6-14)23-17(19(27)28)11-15-7-9-16(10-8-15)22-24-21/h2-10,17-18,23H,11-12H2,1H3,(H,27,28)(H,29,30)/t17-,18-/m0/s1. The van der Waals surface area contributed by atoms with Crippen LogP contribution in [0, 0.1) is 0 Å². The largest absolute Gasteiger partial charge is 0.480 e. The summed E-state index contributed by atoms with van der Waals surface area (Å²) in [4.78, 5) is 38.4. The molecule has 2 atom stereocenters. The molecule has 0 aromatic heterocycles. The third kappa shape index (κ3) is 6.33. The first-order valence-corrected chi connectivity index (χ1v) is 9.01. The highest BCUT2D eigenvalue weighted by molar-refractivity contribution is 5.83. The molecular formula is C20H21N5O5. The lowest BCUT2D eigenvalue weighted by Gasteiger charge is -2.31. The van der Waals surface area contributed by atoms with Crippen LogP contribution >= 0.6 is 0 Å². The number of azide groups is 1. The van der Waals surface area contributed by atoms with E-state index in [2.05, 4.69) is 15.5 Å². The van der Waals surface area contributed by atoms with E-state index in [9.17, 15) is 24.6 Å². The molecule has 0 radical (unpaired) electrons. The van der Waals surface area contributed by atoms with Gasteiger partial charge in [-0.15, -0.1) is 0 Å². The first-order chi connectivity index (χ1) is 14.3. The van der Waals surface area contributed by atoms with Crippen LogP contribution in [0.1, 0.15) is 18.1 Å². The molecule has 0 saturated carbocycles. The number of amides is 1. The summed E-state index contributed by atoms with van der Waals surface area (Å²) in [5, 5.41) is 23.6. The molecule has 0 bridgehead atoms. The van der Waals surface area contributed by atoms with E-state index >= 15 is 0 Å². The Hall–Kier alpha value is -3.88. The zero-order valence-corrected chi connectivity index (χ0v) is 16.2. The van der Waals surface area contributed by atoms with E-state index in [1.807, 2.05) is 0 Å². The van der Waals surface area contributed by atoms with Crippen LogP contribution in [0.25, 0.3) is 10.4 Å². The fourth-order valence-corrected chi connectivity index (χ4v) is 2.87. The van der Waals surface area contributed by atoms with Crippen molar-refractivity contribution in [3.05, 3.63) is 76.2 Å². The van der Waals surface area contributed by atoms with Gasteiger partial charge in [-0.1, -0.05) is 59.7 Å². The van der Waals surface area contributed by atoms with Crippen LogP contribution in [0.2, 0.25) is 0 Å². The van der Waals surface area contributed by atoms with E-state index in [-0.39, 0.29) is 12.8 Å². The molecule has 0 unspecified atom stereocenters. The topological polar surface area (TPSA) is 156 Å². The van der Waals surface area contributed by atoms with Crippen molar-refractivity contribution in [2.24, 2.45) is 5.11 Å². The van der Waals surface area contributed by atoms with Gasteiger partial charge in [0.1, 0.15) is 12.1 Å². The maximum Gasteiger partial charge on any atom is 0.328 e. The van der Waals surface area contributed by atoms with Crippen LogP contribution in [-0.2, 0) is 27.2 Å². The highest BCUT2D eigenvalue weighted by Crippen LogP contribution is 2.15. The summed E-state index contributed by atoms with van der Waals surface area (Å²) >= 11 is 0. The second-order valence-electron chi connectivity index (χ2n) is 6.51. The highest BCUT2D eigenvalue weighted by Gasteiger charge is 2.32. The summed E-state index contributed by atoms with van der Waals surface area (Å²) in [5.74, 6) is -3.13. The molecule has 10 heteroatoms. The van der Waals surface area contributed by atoms with Crippen molar-refractivity contribution in [1.29, 1.82) is 0 Å². The Bertz CT molecular complexity index is 942. The summed E-state index contributed by atoms with van der Waals surface area (Å²) in [6.45, 7) is 1.17. The Morgan fingerprint density at radius 3 is 2.10 bits per heavy atom. The van der Waals surface area contributed by atoms with Gasteiger partial charge in [0.05, 0.1) is 0 Å². The molecular weight excluding hydrogens is 390 g/mol. The molecule has 2 aromatic rings. The average Bonchev–Trinajstić information content (AvgIpc) is 2.71. The molecule has 0 heterocycles. The number of nitrogens with one attached hydrogen (secondary N) is 1. The van der Waals surface area contributed by atoms with Crippen molar-refractivity contribution < 1.29 is 24.6 Å². The van der Waals surface area contributed by atoms with Gasteiger partial charge in [0.15, 0.2) is 0 Å². The van der Waals surface area contributed by atoms with Gasteiger partial charge < -0.3 is 10.2 Å². The van der Waals surface area contributed by atoms with E-state index in [4.69, 9.17) is 5.53 Å². The smallest absolute Gasteiger partial charge is 0.328 e. The number of aliphatic carboxylic acids is 2. The summed E-state index contributed by atoms with van der Waals surface area (Å²) in [7, 11) is 0. The van der Waals surface area contributed by atoms with Crippen LogP contribution in [0.3, 0.4) is 0 Å². The van der Waals surface area contributed by atoms with Gasteiger partial charge in [0, 0.05) is 30.4 Å². The van der Waals surface area contributed by atoms with E-state index in [1.54, 1.807) is 42.5 Å². The molecule has 1 amide bonds. The van der Waals surface area contributed by atoms with Gasteiger partial charge in [0.25, 0.3) is 0 Å². The number of carbonyl (C=O) groups is 3. The number of hydrazine groups is 1. The minimum atomic E-state index is -1.29. The Labute approximate surface area is 172 Å². The lowest BCUT2D eigenvalue weighted by molar-refractivity contribution is -0.156. The zero-order chi connectivity index (χ0) is 22.1. The number of carboxylic acids is 2. The van der Waals surface area contributed by atoms with Gasteiger partial charge in [0.2, 0.25) is 5.91 Å². The third-order valence-electron chi connectivity index (χ3n) is 4.34. The minimum Gasteiger partial charge on any atom is -0.480 e. The Morgan fingerprint density at radius 2 is 1.60 bits per heavy atom. The van der Waals surface area contributed by atoms with Crippen LogP contribution in [-0.4, -0.2) is 45.2 Å². The molecule has 0 fully saturated rings. The van der Waals surface area contributed by atoms with Crippen molar-refractivity contribution in [3.63, 3.8) is 0 Å². The number of benzene rings is 2. The molecule has 2 aromatic carbocycles. The van der Waals surface area contributed by atoms with Crippen molar-refractivity contribution in [1.82, 2.24) is 10.4 Å². The van der Waals surface area contributed by atoms with Crippen molar-refractivity contribution in [2.45, 2.75) is 31.8 Å². The maximum absolute atomic E-state index is 12.2. The van der Waals surface area contributed by atoms with E-state index < -0.39 is 29.9 Å². The fraction of sp³-hybridized carbons (Fsp3) is 0.250. The van der Waals surface area contributed by atoms with Crippen molar-refractivity contribution in [3.8, 4) is 0 Å². The Balaban J connectivity index is 2.22. The van der Waals surface area contributed by atoms with E-state index in [1.165, 1.54) is 19.1 Å². The molecule has 156 valence electrons. The second kappa shape index (κ2) is 10.6. The van der Waals surface area contributed by atoms with Crippen LogP contribution in [0.5, 0.6) is 0 Å². The Morgan fingerprint density at radius 1 is 1.00 bits per heavy atom. The molecule has 0 aliphatic rings. The zero-order valence-electron chi connectivity index (χ0n) is 16.2. The number of hydrogen-bond donors (Lipinski definition) is 3. The quantitative estimate of drug-likeness (QED) is 0.236. The van der Waals surface area contributed by atoms with Gasteiger partial charge in [-0.25, -0.2) is 10.2 Å². The van der Waals surface area contributed by atoms with Gasteiger partial charge in [-0.05, 0) is 16.7 Å². The van der Waals surface area contributed by atoms with Crippen LogP contribution < -0.4 is 5.43 Å². The van der Waals surface area contributed by atoms with E-state index in [0.717, 1.165) is 5.01 Å². The predicted molar refractivity (Wildman–Crippen MR) is 108 cm³/mol. The number of rotatable bonds is 10. The molecule has 0 saturated heterocycles. The third-order valence-corrected chi connectivity index (χ3v) is 4.34. The van der Waals surface area contributed by atoms with Gasteiger partial charge in [-0.3, -0.25) is 14.6 Å². The van der Waals surface area contributed by atoms with Crippen LogP contribution in [0.4, 0.5) is 5.69 Å². The molecule has 10 nitrogen and oxygen atoms in total. The first kappa shape index (κ1) is 22.4. The van der Waals surface area contributed by atoms with Crippen LogP contribution in [0.15, 0.2) is 59.7 Å². The second-order valence-corrected chi connectivity index (χ2v) is 6.51. The number of carboxylic acid groups (broad SMARTS) is 2. The van der Waals surface area contributed by atoms with Crippen molar-refractivity contribution in [2.75, 3.05) is 0 Å². The number of hydrogen-bond acceptors (Lipinski definition) is 5. The molecule has 0 aliphatic heterocycles. The van der Waals surface area contributed by atoms with Gasteiger partial charge >= 0.3 is 11.9 Å². The normalized spacial score (nSPS) is 12.3. The average molecular weight is 411 g/mol. The summed E-state index contributed by atoms with van der Waals surface area (Å²) in [6, 6.07) is 12.5. The maximum atomic E-state index is 12.2. The molecule has 2 rings (SSSR count). The number of nitrogens with zero attached hydrogens (tertiary/aromatic N) is 4. The van der Waals surface area contributed by atoms with E-state index in [0.29, 0.717) is 16.8 Å². The summed E-state index contributed by atoms with van der Waals surface area (Å²) < 4.78 is 0. The molecule has 0 spiro atoms.